The number of H-pyrrole nitrogens is 1. The Hall–Kier alpha value is -2.73. The fraction of sp³-hybridized carbons (Fsp3) is 0.286. The molecule has 5 nitrogen and oxygen atoms in total. The molecule has 2 heterocycles. The highest BCUT2D eigenvalue weighted by atomic mass is 32.1. The molecule has 27 heavy (non-hydrogen) atoms. The van der Waals surface area contributed by atoms with E-state index in [1.54, 1.807) is 11.3 Å². The van der Waals surface area contributed by atoms with Crippen molar-refractivity contribution in [3.63, 3.8) is 0 Å². The van der Waals surface area contributed by atoms with E-state index in [-0.39, 0.29) is 17.2 Å². The summed E-state index contributed by atoms with van der Waals surface area (Å²) < 4.78 is 0. The highest BCUT2D eigenvalue weighted by molar-refractivity contribution is 7.09. The Kier molecular flexibility index (Phi) is 3.93. The van der Waals surface area contributed by atoms with E-state index in [4.69, 9.17) is 0 Å². The molecule has 0 saturated heterocycles. The average molecular weight is 376 g/mol. The average Bonchev–Trinajstić information content (AvgIpc) is 3.31. The highest BCUT2D eigenvalue weighted by Crippen LogP contribution is 2.43. The minimum absolute atomic E-state index is 0.0892. The fourth-order valence-electron chi connectivity index (χ4n) is 3.93. The maximum Gasteiger partial charge on any atom is 0.228 e. The summed E-state index contributed by atoms with van der Waals surface area (Å²) in [5, 5.41) is 10.6. The number of benzene rings is 1. The second-order valence-corrected chi connectivity index (χ2v) is 8.18. The van der Waals surface area contributed by atoms with Gasteiger partial charge in [0.15, 0.2) is 5.82 Å². The number of nitrogens with one attached hydrogen (secondary N) is 2. The van der Waals surface area contributed by atoms with Gasteiger partial charge in [-0.05, 0) is 18.4 Å². The molecule has 1 fully saturated rings. The van der Waals surface area contributed by atoms with Crippen molar-refractivity contribution in [1.82, 2.24) is 15.2 Å². The molecule has 5 rings (SSSR count). The zero-order valence-corrected chi connectivity index (χ0v) is 15.6. The number of hydrogen-bond donors (Lipinski definition) is 2. The van der Waals surface area contributed by atoms with Crippen LogP contribution in [0.3, 0.4) is 0 Å². The largest absolute Gasteiger partial charge is 0.308 e. The Morgan fingerprint density at radius 1 is 1.26 bits per heavy atom. The first-order chi connectivity index (χ1) is 13.3. The van der Waals surface area contributed by atoms with Crippen molar-refractivity contribution < 1.29 is 4.79 Å². The monoisotopic (exact) mass is 376 g/mol. The summed E-state index contributed by atoms with van der Waals surface area (Å²) in [6, 6.07) is 10.5. The van der Waals surface area contributed by atoms with Gasteiger partial charge in [0.05, 0.1) is 10.9 Å². The van der Waals surface area contributed by atoms with Gasteiger partial charge in [-0.2, -0.15) is 5.10 Å². The normalized spacial score (nSPS) is 21.5. The lowest BCUT2D eigenvalue weighted by Crippen LogP contribution is -2.30. The summed E-state index contributed by atoms with van der Waals surface area (Å²) in [6.07, 6.45) is 10.1. The van der Waals surface area contributed by atoms with Gasteiger partial charge in [-0.25, -0.2) is 0 Å². The van der Waals surface area contributed by atoms with E-state index in [1.807, 2.05) is 17.8 Å². The molecule has 3 aromatic rings. The lowest BCUT2D eigenvalue weighted by atomic mass is 9.72. The minimum Gasteiger partial charge on any atom is -0.308 e. The quantitative estimate of drug-likeness (QED) is 0.718. The van der Waals surface area contributed by atoms with Crippen LogP contribution in [0, 0.1) is 5.92 Å². The van der Waals surface area contributed by atoms with Gasteiger partial charge >= 0.3 is 0 Å². The van der Waals surface area contributed by atoms with Crippen LogP contribution in [0.1, 0.15) is 41.0 Å². The van der Waals surface area contributed by atoms with Gasteiger partial charge in [0.25, 0.3) is 0 Å². The molecule has 1 amide bonds. The smallest absolute Gasteiger partial charge is 0.228 e. The molecule has 2 aromatic heterocycles. The molecule has 0 aliphatic heterocycles. The van der Waals surface area contributed by atoms with Crippen molar-refractivity contribution in [2.45, 2.75) is 31.1 Å². The van der Waals surface area contributed by atoms with Crippen LogP contribution in [0.2, 0.25) is 0 Å². The van der Waals surface area contributed by atoms with Crippen LogP contribution >= 0.6 is 11.3 Å². The summed E-state index contributed by atoms with van der Waals surface area (Å²) in [6.45, 7) is 0. The van der Waals surface area contributed by atoms with Crippen molar-refractivity contribution in [3.8, 4) is 0 Å². The van der Waals surface area contributed by atoms with Gasteiger partial charge in [0, 0.05) is 34.7 Å². The third-order valence-electron chi connectivity index (χ3n) is 5.75. The van der Waals surface area contributed by atoms with Gasteiger partial charge < -0.3 is 5.32 Å². The Morgan fingerprint density at radius 2 is 2.11 bits per heavy atom. The lowest BCUT2D eigenvalue weighted by molar-refractivity contribution is -0.122. The predicted octanol–water partition coefficient (Wildman–Crippen LogP) is 4.16. The molecule has 0 radical (unpaired) electrons. The van der Waals surface area contributed by atoms with Crippen molar-refractivity contribution in [2.75, 3.05) is 5.32 Å². The Bertz CT molecular complexity index is 989. The zero-order valence-electron chi connectivity index (χ0n) is 14.8. The first-order valence-corrected chi connectivity index (χ1v) is 10.2. The number of carbonyl (C=O) groups excluding carboxylic acids is 1. The number of aromatic nitrogens is 3. The van der Waals surface area contributed by atoms with Crippen molar-refractivity contribution >= 4 is 29.1 Å². The van der Waals surface area contributed by atoms with E-state index in [0.717, 1.165) is 36.9 Å². The van der Waals surface area contributed by atoms with E-state index < -0.39 is 0 Å². The third-order valence-corrected chi connectivity index (χ3v) is 6.70. The van der Waals surface area contributed by atoms with E-state index in [1.165, 1.54) is 10.4 Å². The molecular formula is C21H20N4OS. The number of carbonyl (C=O) groups is 1. The van der Waals surface area contributed by atoms with E-state index in [0.29, 0.717) is 5.82 Å². The summed E-state index contributed by atoms with van der Waals surface area (Å²) >= 11 is 1.66. The van der Waals surface area contributed by atoms with Crippen molar-refractivity contribution in [3.05, 3.63) is 69.8 Å². The molecule has 0 bridgehead atoms. The molecule has 6 heteroatoms. The fourth-order valence-corrected chi connectivity index (χ4v) is 4.76. The number of fused-ring (bicyclic) bond motifs is 1. The predicted molar refractivity (Wildman–Crippen MR) is 107 cm³/mol. The standard InChI is InChI=1S/C21H20N4OS/c26-20(14-5-4-6-14)23-19-16-9-10-21(11-17(16)24-25-19,18-12-22-13-27-18)15-7-2-1-3-8-15/h1-3,7-10,12-14H,4-6,11H2,(H2,23,24,25,26). The van der Waals surface area contributed by atoms with Crippen LogP contribution in [-0.4, -0.2) is 21.1 Å². The number of rotatable bonds is 4. The Morgan fingerprint density at radius 3 is 2.81 bits per heavy atom. The summed E-state index contributed by atoms with van der Waals surface area (Å²) in [4.78, 5) is 17.8. The number of nitrogens with zero attached hydrogens (tertiary/aromatic N) is 2. The van der Waals surface area contributed by atoms with E-state index in [9.17, 15) is 4.79 Å². The second-order valence-electron chi connectivity index (χ2n) is 7.29. The molecule has 136 valence electrons. The number of allylic oxidation sites excluding steroid dienone is 1. The summed E-state index contributed by atoms with van der Waals surface area (Å²) in [7, 11) is 0. The molecule has 1 aromatic carbocycles. The van der Waals surface area contributed by atoms with Crippen molar-refractivity contribution in [1.29, 1.82) is 0 Å². The molecule has 1 saturated carbocycles. The van der Waals surface area contributed by atoms with Gasteiger partial charge in [0.1, 0.15) is 0 Å². The molecule has 1 atom stereocenters. The van der Waals surface area contributed by atoms with Crippen LogP contribution < -0.4 is 5.32 Å². The van der Waals surface area contributed by atoms with E-state index in [2.05, 4.69) is 56.9 Å². The first kappa shape index (κ1) is 16.4. The van der Waals surface area contributed by atoms with Gasteiger partial charge in [0.2, 0.25) is 5.91 Å². The lowest BCUT2D eigenvalue weighted by Gasteiger charge is -2.32. The summed E-state index contributed by atoms with van der Waals surface area (Å²) in [5.41, 5.74) is 4.86. The summed E-state index contributed by atoms with van der Waals surface area (Å²) in [5.74, 6) is 0.876. The van der Waals surface area contributed by atoms with Crippen LogP contribution in [0.25, 0.3) is 6.08 Å². The first-order valence-electron chi connectivity index (χ1n) is 9.28. The van der Waals surface area contributed by atoms with Gasteiger partial charge in [-0.1, -0.05) is 48.9 Å². The molecule has 1 unspecified atom stereocenters. The number of hydrogen-bond acceptors (Lipinski definition) is 4. The zero-order chi connectivity index (χ0) is 18.3. The SMILES string of the molecule is O=C(Nc1n[nH]c2c1C=CC(c1ccccc1)(c1cncs1)C2)C1CCC1. The maximum atomic E-state index is 12.3. The van der Waals surface area contributed by atoms with Crippen LogP contribution in [0.5, 0.6) is 0 Å². The van der Waals surface area contributed by atoms with Crippen molar-refractivity contribution in [2.24, 2.45) is 5.92 Å². The van der Waals surface area contributed by atoms with Crippen LogP contribution in [-0.2, 0) is 16.6 Å². The topological polar surface area (TPSA) is 70.7 Å². The number of anilines is 1. The van der Waals surface area contributed by atoms with Gasteiger partial charge in [-0.15, -0.1) is 11.3 Å². The third kappa shape index (κ3) is 2.72. The Labute approximate surface area is 161 Å². The molecular weight excluding hydrogens is 356 g/mol. The molecule has 2 aliphatic carbocycles. The van der Waals surface area contributed by atoms with Crippen LogP contribution in [0.4, 0.5) is 5.82 Å². The van der Waals surface area contributed by atoms with E-state index >= 15 is 0 Å². The maximum absolute atomic E-state index is 12.3. The number of aromatic amines is 1. The highest BCUT2D eigenvalue weighted by Gasteiger charge is 2.38. The van der Waals surface area contributed by atoms with Gasteiger partial charge in [-0.3, -0.25) is 14.9 Å². The Balaban J connectivity index is 1.51. The minimum atomic E-state index is -0.267. The number of amides is 1. The number of thiazole rings is 1. The van der Waals surface area contributed by atoms with Crippen LogP contribution in [0.15, 0.2) is 48.1 Å². The molecule has 2 aliphatic rings. The second kappa shape index (κ2) is 6.46. The molecule has 0 spiro atoms. The molecule has 2 N–H and O–H groups in total.